The maximum atomic E-state index is 13.0. The highest BCUT2D eigenvalue weighted by atomic mass is 16.5. The summed E-state index contributed by atoms with van der Waals surface area (Å²) < 4.78 is 11.7. The third-order valence-corrected chi connectivity index (χ3v) is 6.13. The van der Waals surface area contributed by atoms with E-state index in [-0.39, 0.29) is 11.9 Å². The summed E-state index contributed by atoms with van der Waals surface area (Å²) in [6, 6.07) is 22.6. The van der Waals surface area contributed by atoms with E-state index >= 15 is 0 Å². The minimum Gasteiger partial charge on any atom is -0.508 e. The fourth-order valence-corrected chi connectivity index (χ4v) is 4.51. The highest BCUT2D eigenvalue weighted by molar-refractivity contribution is 5.88. The predicted molar refractivity (Wildman–Crippen MR) is 130 cm³/mol. The summed E-state index contributed by atoms with van der Waals surface area (Å²) in [6.45, 7) is 5.28. The molecule has 1 fully saturated rings. The summed E-state index contributed by atoms with van der Waals surface area (Å²) in [5.41, 5.74) is 3.31. The largest absolute Gasteiger partial charge is 0.508 e. The Morgan fingerprint density at radius 2 is 1.79 bits per heavy atom. The van der Waals surface area contributed by atoms with Crippen LogP contribution in [0.25, 0.3) is 22.1 Å². The number of hydrogen-bond acceptors (Lipinski definition) is 5. The molecule has 1 N–H and O–H groups in total. The molecule has 5 heteroatoms. The molecule has 168 valence electrons. The Morgan fingerprint density at radius 3 is 2.52 bits per heavy atom. The molecule has 0 atom stereocenters. The zero-order chi connectivity index (χ0) is 22.8. The zero-order valence-corrected chi connectivity index (χ0v) is 18.7. The number of ether oxygens (including phenoxy) is 1. The van der Waals surface area contributed by atoms with Crippen molar-refractivity contribution in [2.45, 2.75) is 25.9 Å². The topological polar surface area (TPSA) is 62.9 Å². The SMILES string of the molecule is CCCN1CC(Oc2ccc(Cc3c(-c4ccccc4)c(=O)oc4cc(O)ccc34)cc2)C1. The molecule has 0 aliphatic carbocycles. The molecule has 0 saturated carbocycles. The van der Waals surface area contributed by atoms with Crippen molar-refractivity contribution in [3.05, 3.63) is 94.3 Å². The molecule has 5 rings (SSSR count). The summed E-state index contributed by atoms with van der Waals surface area (Å²) in [5, 5.41) is 10.7. The summed E-state index contributed by atoms with van der Waals surface area (Å²) in [5.74, 6) is 0.935. The molecule has 0 radical (unpaired) electrons. The van der Waals surface area contributed by atoms with Gasteiger partial charge < -0.3 is 14.3 Å². The average Bonchev–Trinajstić information content (AvgIpc) is 2.79. The first kappa shape index (κ1) is 21.3. The van der Waals surface area contributed by atoms with Gasteiger partial charge in [0.25, 0.3) is 0 Å². The molecule has 1 aromatic heterocycles. The van der Waals surface area contributed by atoms with E-state index in [1.165, 1.54) is 12.5 Å². The second-order valence-corrected chi connectivity index (χ2v) is 8.61. The summed E-state index contributed by atoms with van der Waals surface area (Å²) in [4.78, 5) is 15.4. The van der Waals surface area contributed by atoms with E-state index in [1.807, 2.05) is 60.7 Å². The Balaban J connectivity index is 1.45. The van der Waals surface area contributed by atoms with Crippen LogP contribution in [0.2, 0.25) is 0 Å². The number of hydrogen-bond donors (Lipinski definition) is 1. The van der Waals surface area contributed by atoms with Crippen molar-refractivity contribution in [3.63, 3.8) is 0 Å². The molecule has 0 unspecified atom stereocenters. The van der Waals surface area contributed by atoms with Crippen LogP contribution in [0.4, 0.5) is 0 Å². The molecule has 2 heterocycles. The van der Waals surface area contributed by atoms with E-state index in [0.717, 1.165) is 47.5 Å². The second kappa shape index (κ2) is 9.12. The molecular weight excluding hydrogens is 414 g/mol. The van der Waals surface area contributed by atoms with Gasteiger partial charge in [0.2, 0.25) is 0 Å². The Labute approximate surface area is 192 Å². The lowest BCUT2D eigenvalue weighted by Crippen LogP contribution is -2.53. The lowest BCUT2D eigenvalue weighted by molar-refractivity contribution is 0.0202. The third kappa shape index (κ3) is 4.50. The Bertz CT molecular complexity index is 1310. The number of fused-ring (bicyclic) bond motifs is 1. The van der Waals surface area contributed by atoms with Gasteiger partial charge in [0.15, 0.2) is 0 Å². The van der Waals surface area contributed by atoms with Gasteiger partial charge in [-0.3, -0.25) is 4.90 Å². The van der Waals surface area contributed by atoms with Gasteiger partial charge in [-0.25, -0.2) is 4.79 Å². The molecule has 3 aromatic carbocycles. The van der Waals surface area contributed by atoms with E-state index < -0.39 is 5.63 Å². The number of nitrogens with zero attached hydrogens (tertiary/aromatic N) is 1. The van der Waals surface area contributed by atoms with Gasteiger partial charge >= 0.3 is 5.63 Å². The number of aromatic hydroxyl groups is 1. The molecule has 4 aromatic rings. The molecular formula is C28H27NO4. The Morgan fingerprint density at radius 1 is 1.03 bits per heavy atom. The fourth-order valence-electron chi connectivity index (χ4n) is 4.51. The summed E-state index contributed by atoms with van der Waals surface area (Å²) in [7, 11) is 0. The number of benzene rings is 3. The molecule has 1 aliphatic rings. The van der Waals surface area contributed by atoms with Crippen molar-refractivity contribution in [1.82, 2.24) is 4.90 Å². The van der Waals surface area contributed by atoms with Crippen molar-refractivity contribution >= 4 is 11.0 Å². The van der Waals surface area contributed by atoms with E-state index in [1.54, 1.807) is 6.07 Å². The first-order chi connectivity index (χ1) is 16.1. The van der Waals surface area contributed by atoms with Crippen LogP contribution < -0.4 is 10.4 Å². The quantitative estimate of drug-likeness (QED) is 0.398. The Kier molecular flexibility index (Phi) is 5.88. The van der Waals surface area contributed by atoms with Crippen molar-refractivity contribution in [3.8, 4) is 22.6 Å². The first-order valence-electron chi connectivity index (χ1n) is 11.4. The van der Waals surface area contributed by atoms with Crippen molar-refractivity contribution in [2.24, 2.45) is 0 Å². The average molecular weight is 442 g/mol. The van der Waals surface area contributed by atoms with Crippen molar-refractivity contribution in [1.29, 1.82) is 0 Å². The molecule has 5 nitrogen and oxygen atoms in total. The van der Waals surface area contributed by atoms with Gasteiger partial charge in [-0.1, -0.05) is 49.4 Å². The number of phenolic OH excluding ortho intramolecular Hbond substituents is 1. The molecule has 0 spiro atoms. The van der Waals surface area contributed by atoms with Gasteiger partial charge in [-0.05, 0) is 60.3 Å². The van der Waals surface area contributed by atoms with Gasteiger partial charge in [0.05, 0.1) is 5.56 Å². The van der Waals surface area contributed by atoms with Gasteiger partial charge in [-0.2, -0.15) is 0 Å². The van der Waals surface area contributed by atoms with E-state index in [2.05, 4.69) is 11.8 Å². The number of phenols is 1. The summed E-state index contributed by atoms with van der Waals surface area (Å²) >= 11 is 0. The van der Waals surface area contributed by atoms with Crippen LogP contribution in [-0.2, 0) is 6.42 Å². The third-order valence-electron chi connectivity index (χ3n) is 6.13. The molecule has 1 saturated heterocycles. The molecule has 1 aliphatic heterocycles. The highest BCUT2D eigenvalue weighted by Gasteiger charge is 2.27. The minimum atomic E-state index is -0.407. The van der Waals surface area contributed by atoms with Crippen LogP contribution in [0.1, 0.15) is 24.5 Å². The first-order valence-corrected chi connectivity index (χ1v) is 11.4. The summed E-state index contributed by atoms with van der Waals surface area (Å²) in [6.07, 6.45) is 1.98. The van der Waals surface area contributed by atoms with Crippen LogP contribution in [0.15, 0.2) is 82.0 Å². The Hall–Kier alpha value is -3.57. The molecule has 33 heavy (non-hydrogen) atoms. The number of likely N-dealkylation sites (tertiary alicyclic amines) is 1. The normalized spacial score (nSPS) is 14.3. The highest BCUT2D eigenvalue weighted by Crippen LogP contribution is 2.31. The van der Waals surface area contributed by atoms with Gasteiger partial charge in [-0.15, -0.1) is 0 Å². The number of rotatable bonds is 7. The van der Waals surface area contributed by atoms with Crippen molar-refractivity contribution < 1.29 is 14.3 Å². The predicted octanol–water partition coefficient (Wildman–Crippen LogP) is 5.23. The molecule has 0 amide bonds. The fraction of sp³-hybridized carbons (Fsp3) is 0.250. The van der Waals surface area contributed by atoms with E-state index in [4.69, 9.17) is 9.15 Å². The van der Waals surface area contributed by atoms with Crippen LogP contribution >= 0.6 is 0 Å². The van der Waals surface area contributed by atoms with Crippen LogP contribution in [0.5, 0.6) is 11.5 Å². The lowest BCUT2D eigenvalue weighted by atomic mass is 9.93. The maximum Gasteiger partial charge on any atom is 0.344 e. The monoisotopic (exact) mass is 441 g/mol. The van der Waals surface area contributed by atoms with Crippen LogP contribution in [0, 0.1) is 0 Å². The standard InChI is InChI=1S/C28H27NO4/c1-2-14-29-17-23(18-29)32-22-11-8-19(9-12-22)15-25-24-13-10-21(30)16-26(24)33-28(31)27(25)20-6-4-3-5-7-20/h3-13,16,23,30H,2,14-15,17-18H2,1H3. The van der Waals surface area contributed by atoms with Gasteiger partial charge in [0, 0.05) is 24.5 Å². The maximum absolute atomic E-state index is 13.0. The zero-order valence-electron chi connectivity index (χ0n) is 18.7. The van der Waals surface area contributed by atoms with Gasteiger partial charge in [0.1, 0.15) is 23.2 Å². The molecule has 0 bridgehead atoms. The lowest BCUT2D eigenvalue weighted by Gasteiger charge is -2.38. The van der Waals surface area contributed by atoms with E-state index in [9.17, 15) is 9.90 Å². The van der Waals surface area contributed by atoms with Crippen molar-refractivity contribution in [2.75, 3.05) is 19.6 Å². The second-order valence-electron chi connectivity index (χ2n) is 8.61. The smallest absolute Gasteiger partial charge is 0.344 e. The minimum absolute atomic E-state index is 0.0686. The van der Waals surface area contributed by atoms with Crippen LogP contribution in [0.3, 0.4) is 0 Å². The van der Waals surface area contributed by atoms with E-state index in [0.29, 0.717) is 17.6 Å². The van der Waals surface area contributed by atoms with Crippen LogP contribution in [-0.4, -0.2) is 35.7 Å².